The number of rotatable bonds is 7. The molecule has 1 heterocycles. The van der Waals surface area contributed by atoms with Crippen LogP contribution >= 0.6 is 11.6 Å². The predicted octanol–water partition coefficient (Wildman–Crippen LogP) is 4.66. The van der Waals surface area contributed by atoms with Crippen LogP contribution in [-0.4, -0.2) is 21.5 Å². The van der Waals surface area contributed by atoms with Gasteiger partial charge in [-0.3, -0.25) is 0 Å². The van der Waals surface area contributed by atoms with Crippen molar-refractivity contribution >= 4 is 22.6 Å². The highest BCUT2D eigenvalue weighted by atomic mass is 35.5. The Kier molecular flexibility index (Phi) is 4.73. The van der Waals surface area contributed by atoms with Gasteiger partial charge < -0.3 is 5.32 Å². The number of hydrogen-bond acceptors (Lipinski definition) is 3. The number of benzene rings is 2. The number of nitrogens with zero attached hydrogens (tertiary/aromatic N) is 3. The monoisotopic (exact) mass is 354 g/mol. The Morgan fingerprint density at radius 2 is 1.96 bits per heavy atom. The van der Waals surface area contributed by atoms with E-state index in [0.717, 1.165) is 54.1 Å². The van der Waals surface area contributed by atoms with Gasteiger partial charge in [-0.1, -0.05) is 54.1 Å². The first-order valence-electron chi connectivity index (χ1n) is 9.08. The van der Waals surface area contributed by atoms with Crippen LogP contribution in [-0.2, 0) is 13.1 Å². The zero-order chi connectivity index (χ0) is 17.2. The molecule has 0 amide bonds. The van der Waals surface area contributed by atoms with Crippen LogP contribution in [0.3, 0.4) is 0 Å². The van der Waals surface area contributed by atoms with Crippen LogP contribution in [0.5, 0.6) is 0 Å². The van der Waals surface area contributed by atoms with Gasteiger partial charge in [0.1, 0.15) is 5.52 Å². The van der Waals surface area contributed by atoms with Crippen LogP contribution in [0.4, 0.5) is 0 Å². The molecule has 0 spiro atoms. The van der Waals surface area contributed by atoms with E-state index in [9.17, 15) is 0 Å². The molecule has 1 fully saturated rings. The van der Waals surface area contributed by atoms with Crippen molar-refractivity contribution in [2.75, 3.05) is 6.54 Å². The molecule has 1 aliphatic carbocycles. The molecule has 1 aliphatic rings. The van der Waals surface area contributed by atoms with Gasteiger partial charge >= 0.3 is 0 Å². The van der Waals surface area contributed by atoms with Gasteiger partial charge in [0.2, 0.25) is 0 Å². The highest BCUT2D eigenvalue weighted by molar-refractivity contribution is 6.37. The SMILES string of the molecule is CCCNCc1ccc(-c2ccc3c(nnn3CC3CC3)c2Cl)cc1. The van der Waals surface area contributed by atoms with Crippen LogP contribution in [0.25, 0.3) is 22.2 Å². The van der Waals surface area contributed by atoms with E-state index in [1.807, 2.05) is 4.68 Å². The molecule has 1 saturated carbocycles. The molecule has 0 atom stereocenters. The van der Waals surface area contributed by atoms with Gasteiger partial charge in [-0.15, -0.1) is 5.10 Å². The third kappa shape index (κ3) is 3.55. The van der Waals surface area contributed by atoms with Crippen LogP contribution in [0.15, 0.2) is 36.4 Å². The largest absolute Gasteiger partial charge is 0.313 e. The number of fused-ring (bicyclic) bond motifs is 1. The summed E-state index contributed by atoms with van der Waals surface area (Å²) < 4.78 is 1.99. The average molecular weight is 355 g/mol. The minimum absolute atomic E-state index is 0.691. The highest BCUT2D eigenvalue weighted by Crippen LogP contribution is 2.35. The maximum Gasteiger partial charge on any atom is 0.132 e. The van der Waals surface area contributed by atoms with Crippen LogP contribution < -0.4 is 5.32 Å². The molecule has 0 bridgehead atoms. The molecule has 2 aromatic carbocycles. The van der Waals surface area contributed by atoms with Crippen molar-refractivity contribution in [1.82, 2.24) is 20.3 Å². The molecule has 25 heavy (non-hydrogen) atoms. The molecule has 5 heteroatoms. The summed E-state index contributed by atoms with van der Waals surface area (Å²) in [6.07, 6.45) is 3.74. The maximum atomic E-state index is 6.66. The fourth-order valence-electron chi connectivity index (χ4n) is 3.12. The maximum absolute atomic E-state index is 6.66. The molecule has 1 aromatic heterocycles. The fourth-order valence-corrected chi connectivity index (χ4v) is 3.43. The molecule has 0 unspecified atom stereocenters. The Balaban J connectivity index is 1.59. The summed E-state index contributed by atoms with van der Waals surface area (Å²) in [6.45, 7) is 5.07. The average Bonchev–Trinajstić information content (AvgIpc) is 3.35. The lowest BCUT2D eigenvalue weighted by Gasteiger charge is -2.08. The van der Waals surface area contributed by atoms with E-state index >= 15 is 0 Å². The molecule has 0 radical (unpaired) electrons. The van der Waals surface area contributed by atoms with Crippen molar-refractivity contribution in [3.63, 3.8) is 0 Å². The quantitative estimate of drug-likeness (QED) is 0.627. The summed E-state index contributed by atoms with van der Waals surface area (Å²) in [5.41, 5.74) is 5.24. The Morgan fingerprint density at radius 3 is 2.68 bits per heavy atom. The summed E-state index contributed by atoms with van der Waals surface area (Å²) in [5, 5.41) is 12.7. The summed E-state index contributed by atoms with van der Waals surface area (Å²) in [7, 11) is 0. The van der Waals surface area contributed by atoms with Crippen molar-refractivity contribution in [2.24, 2.45) is 5.92 Å². The zero-order valence-electron chi connectivity index (χ0n) is 14.5. The Hall–Kier alpha value is -1.91. The Labute approximate surface area is 153 Å². The van der Waals surface area contributed by atoms with Gasteiger partial charge in [-0.05, 0) is 48.9 Å². The second-order valence-corrected chi connectivity index (χ2v) is 7.26. The molecule has 1 N–H and O–H groups in total. The number of aromatic nitrogens is 3. The summed E-state index contributed by atoms with van der Waals surface area (Å²) in [6, 6.07) is 12.7. The minimum Gasteiger partial charge on any atom is -0.313 e. The normalized spacial score (nSPS) is 14.3. The molecule has 4 nitrogen and oxygen atoms in total. The van der Waals surface area contributed by atoms with E-state index in [1.165, 1.54) is 18.4 Å². The minimum atomic E-state index is 0.691. The van der Waals surface area contributed by atoms with Crippen LogP contribution in [0.1, 0.15) is 31.7 Å². The lowest BCUT2D eigenvalue weighted by Crippen LogP contribution is -2.13. The predicted molar refractivity (Wildman–Crippen MR) is 103 cm³/mol. The van der Waals surface area contributed by atoms with Gasteiger partial charge in [0, 0.05) is 18.7 Å². The van der Waals surface area contributed by atoms with Gasteiger partial charge in [-0.25, -0.2) is 4.68 Å². The van der Waals surface area contributed by atoms with Crippen molar-refractivity contribution in [3.05, 3.63) is 47.0 Å². The number of nitrogens with one attached hydrogen (secondary N) is 1. The lowest BCUT2D eigenvalue weighted by molar-refractivity contribution is 0.559. The molecule has 0 aliphatic heterocycles. The van der Waals surface area contributed by atoms with E-state index in [-0.39, 0.29) is 0 Å². The fraction of sp³-hybridized carbons (Fsp3) is 0.400. The molecule has 3 aromatic rings. The molecule has 4 rings (SSSR count). The molecule has 0 saturated heterocycles. The third-order valence-corrected chi connectivity index (χ3v) is 5.16. The van der Waals surface area contributed by atoms with E-state index in [4.69, 9.17) is 11.6 Å². The second-order valence-electron chi connectivity index (χ2n) is 6.88. The van der Waals surface area contributed by atoms with Crippen LogP contribution in [0.2, 0.25) is 5.02 Å². The van der Waals surface area contributed by atoms with Crippen molar-refractivity contribution in [1.29, 1.82) is 0 Å². The molecular weight excluding hydrogens is 332 g/mol. The number of halogens is 1. The molecular formula is C20H23ClN4. The van der Waals surface area contributed by atoms with Crippen LogP contribution in [0, 0.1) is 5.92 Å². The van der Waals surface area contributed by atoms with Gasteiger partial charge in [0.15, 0.2) is 0 Å². The first kappa shape index (κ1) is 16.6. The standard InChI is InChI=1S/C20H23ClN4/c1-2-11-22-12-14-5-7-16(8-6-14)17-9-10-18-20(19(17)21)23-24-25(18)13-15-3-4-15/h5-10,15,22H,2-4,11-13H2,1H3. The van der Waals surface area contributed by atoms with E-state index in [2.05, 4.69) is 59.0 Å². The topological polar surface area (TPSA) is 42.7 Å². The van der Waals surface area contributed by atoms with Crippen molar-refractivity contribution in [2.45, 2.75) is 39.3 Å². The number of hydrogen-bond donors (Lipinski definition) is 1. The van der Waals surface area contributed by atoms with Crippen molar-refractivity contribution < 1.29 is 0 Å². The van der Waals surface area contributed by atoms with E-state index in [1.54, 1.807) is 0 Å². The van der Waals surface area contributed by atoms with E-state index < -0.39 is 0 Å². The third-order valence-electron chi connectivity index (χ3n) is 4.77. The van der Waals surface area contributed by atoms with Gasteiger partial charge in [0.25, 0.3) is 0 Å². The van der Waals surface area contributed by atoms with E-state index in [0.29, 0.717) is 5.02 Å². The Bertz CT molecular complexity index is 865. The second kappa shape index (κ2) is 7.14. The van der Waals surface area contributed by atoms with Gasteiger partial charge in [0.05, 0.1) is 10.5 Å². The highest BCUT2D eigenvalue weighted by Gasteiger charge is 2.23. The smallest absolute Gasteiger partial charge is 0.132 e. The van der Waals surface area contributed by atoms with Gasteiger partial charge in [-0.2, -0.15) is 0 Å². The summed E-state index contributed by atoms with van der Waals surface area (Å²) >= 11 is 6.66. The van der Waals surface area contributed by atoms with Crippen molar-refractivity contribution in [3.8, 4) is 11.1 Å². The zero-order valence-corrected chi connectivity index (χ0v) is 15.3. The Morgan fingerprint density at radius 1 is 1.16 bits per heavy atom. The first-order valence-corrected chi connectivity index (χ1v) is 9.45. The summed E-state index contributed by atoms with van der Waals surface area (Å²) in [5.74, 6) is 0.761. The first-order chi connectivity index (χ1) is 12.3. The lowest BCUT2D eigenvalue weighted by atomic mass is 10.0. The molecule has 130 valence electrons. The summed E-state index contributed by atoms with van der Waals surface area (Å²) in [4.78, 5) is 0.